The molecule has 2 aromatic heterocycles. The van der Waals surface area contributed by atoms with Crippen LogP contribution in [0.2, 0.25) is 0 Å². The van der Waals surface area contributed by atoms with E-state index in [0.29, 0.717) is 25.3 Å². The molecule has 1 aliphatic rings. The molecule has 0 bridgehead atoms. The van der Waals surface area contributed by atoms with Gasteiger partial charge in [0.05, 0.1) is 24.8 Å². The molecule has 138 valence electrons. The Balaban J connectivity index is 1.74. The lowest BCUT2D eigenvalue weighted by Crippen LogP contribution is -2.33. The van der Waals surface area contributed by atoms with Crippen molar-refractivity contribution < 1.29 is 14.3 Å². The van der Waals surface area contributed by atoms with Gasteiger partial charge in [0, 0.05) is 37.2 Å². The molecule has 1 aliphatic carbocycles. The second-order valence-corrected chi connectivity index (χ2v) is 6.68. The summed E-state index contributed by atoms with van der Waals surface area (Å²) in [6.07, 6.45) is 3.98. The first-order valence-electron chi connectivity index (χ1n) is 8.85. The number of carbonyl (C=O) groups is 2. The molecular formula is C19H24N4O3. The number of carbonyl (C=O) groups excluding carboxylic acids is 2. The molecule has 0 saturated heterocycles. The van der Waals surface area contributed by atoms with E-state index < -0.39 is 0 Å². The number of hydrogen-bond acceptors (Lipinski definition) is 5. The van der Waals surface area contributed by atoms with Gasteiger partial charge in [-0.3, -0.25) is 19.3 Å². The Morgan fingerprint density at radius 1 is 1.35 bits per heavy atom. The van der Waals surface area contributed by atoms with Gasteiger partial charge in [-0.05, 0) is 44.4 Å². The number of amides is 1. The Labute approximate surface area is 153 Å². The smallest absolute Gasteiger partial charge is 0.309 e. The number of rotatable bonds is 7. The zero-order valence-electron chi connectivity index (χ0n) is 15.4. The number of aromatic nitrogens is 3. The van der Waals surface area contributed by atoms with E-state index in [9.17, 15) is 9.59 Å². The van der Waals surface area contributed by atoms with Crippen LogP contribution in [0.15, 0.2) is 30.6 Å². The third-order valence-electron chi connectivity index (χ3n) is 4.70. The highest BCUT2D eigenvalue weighted by molar-refractivity contribution is 5.94. The topological polar surface area (TPSA) is 77.3 Å². The van der Waals surface area contributed by atoms with Crippen LogP contribution in [0.5, 0.6) is 0 Å². The van der Waals surface area contributed by atoms with Crippen LogP contribution < -0.4 is 0 Å². The molecule has 0 radical (unpaired) electrons. The lowest BCUT2D eigenvalue weighted by atomic mass is 10.2. The first-order valence-corrected chi connectivity index (χ1v) is 8.85. The van der Waals surface area contributed by atoms with Crippen LogP contribution in [0.3, 0.4) is 0 Å². The summed E-state index contributed by atoms with van der Waals surface area (Å²) in [5, 5.41) is 4.46. The minimum atomic E-state index is -0.164. The first-order chi connectivity index (χ1) is 12.5. The molecule has 2 heterocycles. The summed E-state index contributed by atoms with van der Waals surface area (Å²) in [5.41, 5.74) is 2.45. The molecule has 1 saturated carbocycles. The predicted octanol–water partition coefficient (Wildman–Crippen LogP) is 1.97. The molecule has 0 spiro atoms. The summed E-state index contributed by atoms with van der Waals surface area (Å²) < 4.78 is 6.89. The molecule has 1 amide bonds. The van der Waals surface area contributed by atoms with Crippen molar-refractivity contribution in [1.29, 1.82) is 0 Å². The third kappa shape index (κ3) is 4.09. The summed E-state index contributed by atoms with van der Waals surface area (Å²) in [5.74, 6) is -0.203. The molecule has 7 heteroatoms. The van der Waals surface area contributed by atoms with Gasteiger partial charge >= 0.3 is 5.97 Å². The molecular weight excluding hydrogens is 332 g/mol. The third-order valence-corrected chi connectivity index (χ3v) is 4.70. The molecule has 26 heavy (non-hydrogen) atoms. The van der Waals surface area contributed by atoms with E-state index in [4.69, 9.17) is 4.74 Å². The molecule has 0 aliphatic heterocycles. The van der Waals surface area contributed by atoms with Gasteiger partial charge in [0.15, 0.2) is 0 Å². The molecule has 7 nitrogen and oxygen atoms in total. The van der Waals surface area contributed by atoms with Crippen LogP contribution in [0, 0.1) is 18.8 Å². The average molecular weight is 356 g/mol. The second kappa shape index (κ2) is 7.68. The van der Waals surface area contributed by atoms with Gasteiger partial charge in [0.25, 0.3) is 5.91 Å². The van der Waals surface area contributed by atoms with Gasteiger partial charge in [-0.1, -0.05) is 0 Å². The van der Waals surface area contributed by atoms with E-state index in [1.54, 1.807) is 41.0 Å². The molecule has 0 N–H and O–H groups in total. The summed E-state index contributed by atoms with van der Waals surface area (Å²) in [4.78, 5) is 30.6. The molecule has 0 aromatic carbocycles. The van der Waals surface area contributed by atoms with Crippen LogP contribution in [-0.2, 0) is 23.1 Å². The molecule has 0 unspecified atom stereocenters. The van der Waals surface area contributed by atoms with E-state index in [-0.39, 0.29) is 23.7 Å². The molecule has 3 rings (SSSR count). The summed E-state index contributed by atoms with van der Waals surface area (Å²) in [7, 11) is 1.88. The van der Waals surface area contributed by atoms with Crippen LogP contribution in [0.1, 0.15) is 35.1 Å². The van der Waals surface area contributed by atoms with Crippen molar-refractivity contribution >= 4 is 11.9 Å². The zero-order valence-corrected chi connectivity index (χ0v) is 15.4. The van der Waals surface area contributed by atoms with Gasteiger partial charge in [-0.2, -0.15) is 5.10 Å². The van der Waals surface area contributed by atoms with Crippen molar-refractivity contribution in [1.82, 2.24) is 19.7 Å². The van der Waals surface area contributed by atoms with Crippen LogP contribution in [-0.4, -0.2) is 44.7 Å². The van der Waals surface area contributed by atoms with E-state index >= 15 is 0 Å². The van der Waals surface area contributed by atoms with Crippen LogP contribution >= 0.6 is 0 Å². The molecule has 2 aromatic rings. The highest BCUT2D eigenvalue weighted by atomic mass is 16.5. The fourth-order valence-electron chi connectivity index (χ4n) is 3.07. The monoisotopic (exact) mass is 356 g/mol. The number of hydrogen-bond donors (Lipinski definition) is 0. The maximum atomic E-state index is 13.0. The first kappa shape index (κ1) is 18.1. The summed E-state index contributed by atoms with van der Waals surface area (Å²) in [6, 6.07) is 5.38. The van der Waals surface area contributed by atoms with Crippen LogP contribution in [0.4, 0.5) is 0 Å². The second-order valence-electron chi connectivity index (χ2n) is 6.68. The fraction of sp³-hybridized carbons (Fsp3) is 0.474. The average Bonchev–Trinajstić information content (AvgIpc) is 3.33. The quantitative estimate of drug-likeness (QED) is 0.709. The van der Waals surface area contributed by atoms with E-state index in [1.807, 2.05) is 20.0 Å². The molecule has 2 atom stereocenters. The van der Waals surface area contributed by atoms with Crippen LogP contribution in [0.25, 0.3) is 0 Å². The standard InChI is InChI=1S/C19H24N4O3/c1-4-26-19(25)17-10-15(17)11-23(12-16-9-13(2)22(3)21-16)18(24)14-5-7-20-8-6-14/h5-9,15,17H,4,10-12H2,1-3H3/t15-,17+/m1/s1. The van der Waals surface area contributed by atoms with Crippen molar-refractivity contribution in [3.63, 3.8) is 0 Å². The normalized spacial score (nSPS) is 18.4. The van der Waals surface area contributed by atoms with Crippen molar-refractivity contribution in [2.24, 2.45) is 18.9 Å². The summed E-state index contributed by atoms with van der Waals surface area (Å²) in [6.45, 7) is 5.09. The minimum absolute atomic E-state index is 0.0785. The van der Waals surface area contributed by atoms with Crippen molar-refractivity contribution in [3.05, 3.63) is 47.5 Å². The number of aryl methyl sites for hydroxylation is 2. The predicted molar refractivity (Wildman–Crippen MR) is 95.2 cm³/mol. The van der Waals surface area contributed by atoms with E-state index in [2.05, 4.69) is 10.1 Å². The number of nitrogens with zero attached hydrogens (tertiary/aromatic N) is 4. The fourth-order valence-corrected chi connectivity index (χ4v) is 3.07. The highest BCUT2D eigenvalue weighted by Gasteiger charge is 2.45. The van der Waals surface area contributed by atoms with Crippen molar-refractivity contribution in [2.75, 3.05) is 13.2 Å². The maximum absolute atomic E-state index is 13.0. The van der Waals surface area contributed by atoms with Gasteiger partial charge in [-0.25, -0.2) is 0 Å². The number of pyridine rings is 1. The largest absolute Gasteiger partial charge is 0.466 e. The van der Waals surface area contributed by atoms with Gasteiger partial charge in [0.2, 0.25) is 0 Å². The SMILES string of the molecule is CCOC(=O)[C@H]1C[C@@H]1CN(Cc1cc(C)n(C)n1)C(=O)c1ccncc1. The molecule has 1 fully saturated rings. The highest BCUT2D eigenvalue weighted by Crippen LogP contribution is 2.40. The Bertz CT molecular complexity index is 768. The van der Waals surface area contributed by atoms with Crippen molar-refractivity contribution in [3.8, 4) is 0 Å². The van der Waals surface area contributed by atoms with E-state index in [1.165, 1.54) is 0 Å². The van der Waals surface area contributed by atoms with Gasteiger partial charge in [0.1, 0.15) is 0 Å². The summed E-state index contributed by atoms with van der Waals surface area (Å²) >= 11 is 0. The minimum Gasteiger partial charge on any atom is -0.466 e. The lowest BCUT2D eigenvalue weighted by Gasteiger charge is -2.22. The number of esters is 1. The Morgan fingerprint density at radius 3 is 2.69 bits per heavy atom. The Kier molecular flexibility index (Phi) is 5.35. The van der Waals surface area contributed by atoms with Gasteiger partial charge in [-0.15, -0.1) is 0 Å². The van der Waals surface area contributed by atoms with Gasteiger partial charge < -0.3 is 9.64 Å². The zero-order chi connectivity index (χ0) is 18.7. The van der Waals surface area contributed by atoms with Crippen molar-refractivity contribution in [2.45, 2.75) is 26.8 Å². The maximum Gasteiger partial charge on any atom is 0.309 e. The Morgan fingerprint density at radius 2 is 2.08 bits per heavy atom. The lowest BCUT2D eigenvalue weighted by molar-refractivity contribution is -0.145. The Hall–Kier alpha value is -2.70. The number of ether oxygens (including phenoxy) is 1. The van der Waals surface area contributed by atoms with E-state index in [0.717, 1.165) is 17.8 Å².